The van der Waals surface area contributed by atoms with Crippen molar-refractivity contribution in [3.05, 3.63) is 34.6 Å². The van der Waals surface area contributed by atoms with Crippen LogP contribution in [-0.2, 0) is 6.54 Å². The van der Waals surface area contributed by atoms with E-state index in [2.05, 4.69) is 19.2 Å². The molecule has 0 aliphatic carbocycles. The van der Waals surface area contributed by atoms with E-state index in [1.54, 1.807) is 6.07 Å². The topological polar surface area (TPSA) is 12.0 Å². The lowest BCUT2D eigenvalue weighted by molar-refractivity contribution is 0.311. The van der Waals surface area contributed by atoms with Gasteiger partial charge in [0, 0.05) is 19.0 Å². The maximum Gasteiger partial charge on any atom is 0.142 e. The minimum Gasteiger partial charge on any atom is -0.312 e. The van der Waals surface area contributed by atoms with Gasteiger partial charge in [0.1, 0.15) is 5.82 Å². The van der Waals surface area contributed by atoms with E-state index in [9.17, 15) is 4.39 Å². The summed E-state index contributed by atoms with van der Waals surface area (Å²) in [6.45, 7) is 5.94. The Kier molecular flexibility index (Phi) is 6.40. The van der Waals surface area contributed by atoms with Crippen LogP contribution in [0.3, 0.4) is 0 Å². The van der Waals surface area contributed by atoms with Gasteiger partial charge in [-0.3, -0.25) is 0 Å². The Balaban J connectivity index is 2.39. The first-order chi connectivity index (χ1) is 8.44. The number of benzene rings is 1. The molecule has 0 fully saturated rings. The fraction of sp³-hybridized carbons (Fsp3) is 0.571. The van der Waals surface area contributed by atoms with Gasteiger partial charge in [0.25, 0.3) is 0 Å². The van der Waals surface area contributed by atoms with Gasteiger partial charge in [-0.05, 0) is 36.0 Å². The summed E-state index contributed by atoms with van der Waals surface area (Å²) < 4.78 is 13.2. The molecule has 0 amide bonds. The first kappa shape index (κ1) is 15.7. The van der Waals surface area contributed by atoms with E-state index in [0.717, 1.165) is 24.9 Å². The van der Waals surface area contributed by atoms with Gasteiger partial charge >= 0.3 is 0 Å². The van der Waals surface area contributed by atoms with Gasteiger partial charge in [-0.1, -0.05) is 31.5 Å². The number of halogens is 3. The van der Waals surface area contributed by atoms with Crippen molar-refractivity contribution in [2.24, 2.45) is 5.41 Å². The molecule has 102 valence electrons. The molecule has 0 radical (unpaired) electrons. The number of alkyl halides is 1. The predicted octanol–water partition coefficient (Wildman–Crippen LogP) is 4.61. The van der Waals surface area contributed by atoms with Crippen LogP contribution in [0.15, 0.2) is 18.2 Å². The van der Waals surface area contributed by atoms with E-state index in [0.29, 0.717) is 12.4 Å². The summed E-state index contributed by atoms with van der Waals surface area (Å²) in [5.74, 6) is 0.337. The van der Waals surface area contributed by atoms with Crippen molar-refractivity contribution in [1.29, 1.82) is 0 Å². The zero-order valence-electron chi connectivity index (χ0n) is 10.9. The van der Waals surface area contributed by atoms with Crippen LogP contribution < -0.4 is 5.32 Å². The molecule has 1 N–H and O–H groups in total. The van der Waals surface area contributed by atoms with Crippen LogP contribution in [0.2, 0.25) is 5.02 Å². The lowest BCUT2D eigenvalue weighted by Crippen LogP contribution is -2.29. The Morgan fingerprint density at radius 3 is 2.67 bits per heavy atom. The zero-order chi connectivity index (χ0) is 13.6. The third-order valence-corrected chi connectivity index (χ3v) is 3.48. The highest BCUT2D eigenvalue weighted by Crippen LogP contribution is 2.22. The molecule has 0 heterocycles. The van der Waals surface area contributed by atoms with Crippen molar-refractivity contribution >= 4 is 23.2 Å². The van der Waals surface area contributed by atoms with Gasteiger partial charge in [-0.25, -0.2) is 4.39 Å². The number of nitrogens with one attached hydrogen (secondary N) is 1. The fourth-order valence-corrected chi connectivity index (χ4v) is 2.08. The van der Waals surface area contributed by atoms with Crippen LogP contribution in [0, 0.1) is 11.2 Å². The first-order valence-corrected chi connectivity index (χ1v) is 7.06. The molecule has 0 spiro atoms. The molecule has 0 aliphatic rings. The molecule has 0 aromatic heterocycles. The van der Waals surface area contributed by atoms with Gasteiger partial charge in [0.2, 0.25) is 0 Å². The van der Waals surface area contributed by atoms with E-state index in [1.165, 1.54) is 6.07 Å². The van der Waals surface area contributed by atoms with E-state index >= 15 is 0 Å². The molecule has 0 bridgehead atoms. The van der Waals surface area contributed by atoms with Gasteiger partial charge < -0.3 is 5.32 Å². The molecule has 18 heavy (non-hydrogen) atoms. The second kappa shape index (κ2) is 7.32. The third kappa shape index (κ3) is 5.55. The molecule has 0 unspecified atom stereocenters. The Morgan fingerprint density at radius 1 is 1.33 bits per heavy atom. The molecule has 1 aromatic rings. The lowest BCUT2D eigenvalue weighted by Gasteiger charge is -2.24. The summed E-state index contributed by atoms with van der Waals surface area (Å²) in [6, 6.07) is 4.90. The molecular weight excluding hydrogens is 272 g/mol. The van der Waals surface area contributed by atoms with Gasteiger partial charge in [-0.15, -0.1) is 11.6 Å². The first-order valence-electron chi connectivity index (χ1n) is 6.15. The largest absolute Gasteiger partial charge is 0.312 e. The standard InChI is InChI=1S/C14H20Cl2FN/c1-14(2,6-3-7-15)10-18-9-11-4-5-12(16)13(17)8-11/h4-5,8,18H,3,6-7,9-10H2,1-2H3. The molecule has 1 rings (SSSR count). The Morgan fingerprint density at radius 2 is 2.06 bits per heavy atom. The molecule has 0 aliphatic heterocycles. The summed E-state index contributed by atoms with van der Waals surface area (Å²) in [7, 11) is 0. The molecule has 1 nitrogen and oxygen atoms in total. The number of hydrogen-bond acceptors (Lipinski definition) is 1. The van der Waals surface area contributed by atoms with Crippen molar-refractivity contribution in [2.75, 3.05) is 12.4 Å². The van der Waals surface area contributed by atoms with Crippen molar-refractivity contribution in [2.45, 2.75) is 33.2 Å². The maximum atomic E-state index is 13.2. The molecule has 0 saturated heterocycles. The molecule has 0 saturated carbocycles. The Hall–Kier alpha value is -0.310. The molecule has 0 atom stereocenters. The van der Waals surface area contributed by atoms with Crippen molar-refractivity contribution in [3.63, 3.8) is 0 Å². The highest BCUT2D eigenvalue weighted by atomic mass is 35.5. The maximum absolute atomic E-state index is 13.2. The van der Waals surface area contributed by atoms with Gasteiger partial charge in [0.05, 0.1) is 5.02 Å². The van der Waals surface area contributed by atoms with Crippen molar-refractivity contribution < 1.29 is 4.39 Å². The Labute approximate surface area is 119 Å². The second-order valence-electron chi connectivity index (χ2n) is 5.31. The SMILES string of the molecule is CC(C)(CCCCl)CNCc1ccc(Cl)c(F)c1. The highest BCUT2D eigenvalue weighted by Gasteiger charge is 2.16. The lowest BCUT2D eigenvalue weighted by atomic mass is 9.88. The summed E-state index contributed by atoms with van der Waals surface area (Å²) in [4.78, 5) is 0. The highest BCUT2D eigenvalue weighted by molar-refractivity contribution is 6.30. The number of rotatable bonds is 7. The van der Waals surface area contributed by atoms with Crippen molar-refractivity contribution in [1.82, 2.24) is 5.32 Å². The third-order valence-electron chi connectivity index (χ3n) is 2.90. The second-order valence-corrected chi connectivity index (χ2v) is 6.09. The molecule has 1 aromatic carbocycles. The summed E-state index contributed by atoms with van der Waals surface area (Å²) >= 11 is 11.3. The fourth-order valence-electron chi connectivity index (χ4n) is 1.83. The molecular formula is C14H20Cl2FN. The van der Waals surface area contributed by atoms with Crippen LogP contribution in [0.1, 0.15) is 32.3 Å². The summed E-state index contributed by atoms with van der Waals surface area (Å²) in [6.07, 6.45) is 2.10. The smallest absolute Gasteiger partial charge is 0.142 e. The normalized spacial score (nSPS) is 11.8. The summed E-state index contributed by atoms with van der Waals surface area (Å²) in [5, 5.41) is 3.51. The van der Waals surface area contributed by atoms with E-state index in [-0.39, 0.29) is 16.3 Å². The molecule has 4 heteroatoms. The van der Waals surface area contributed by atoms with Crippen LogP contribution in [0.5, 0.6) is 0 Å². The quantitative estimate of drug-likeness (QED) is 0.723. The van der Waals surface area contributed by atoms with E-state index < -0.39 is 0 Å². The van der Waals surface area contributed by atoms with E-state index in [1.807, 2.05) is 6.07 Å². The van der Waals surface area contributed by atoms with Crippen molar-refractivity contribution in [3.8, 4) is 0 Å². The minimum atomic E-state index is -0.364. The predicted molar refractivity (Wildman–Crippen MR) is 76.9 cm³/mol. The average molecular weight is 292 g/mol. The number of hydrogen-bond donors (Lipinski definition) is 1. The average Bonchev–Trinajstić information content (AvgIpc) is 2.31. The van der Waals surface area contributed by atoms with Crippen LogP contribution in [0.25, 0.3) is 0 Å². The Bertz CT molecular complexity index is 380. The van der Waals surface area contributed by atoms with Gasteiger partial charge in [-0.2, -0.15) is 0 Å². The van der Waals surface area contributed by atoms with Crippen LogP contribution in [0.4, 0.5) is 4.39 Å². The van der Waals surface area contributed by atoms with Gasteiger partial charge in [0.15, 0.2) is 0 Å². The summed E-state index contributed by atoms with van der Waals surface area (Å²) in [5.41, 5.74) is 1.12. The minimum absolute atomic E-state index is 0.168. The zero-order valence-corrected chi connectivity index (χ0v) is 12.4. The van der Waals surface area contributed by atoms with E-state index in [4.69, 9.17) is 23.2 Å². The van der Waals surface area contributed by atoms with Crippen LogP contribution in [-0.4, -0.2) is 12.4 Å². The van der Waals surface area contributed by atoms with Crippen LogP contribution >= 0.6 is 23.2 Å². The monoisotopic (exact) mass is 291 g/mol.